The number of pyridine rings is 1. The van der Waals surface area contributed by atoms with Gasteiger partial charge in [0.2, 0.25) is 11.7 Å². The van der Waals surface area contributed by atoms with Crippen LogP contribution in [-0.4, -0.2) is 11.7 Å². The Morgan fingerprint density at radius 3 is 2.71 bits per heavy atom. The maximum atomic E-state index is 12.3. The summed E-state index contributed by atoms with van der Waals surface area (Å²) < 4.78 is 0.885. The van der Waals surface area contributed by atoms with Crippen LogP contribution in [0.4, 0.5) is 0 Å². The molecule has 1 aromatic heterocycles. The average Bonchev–Trinajstić information content (AvgIpc) is 2.56. The summed E-state index contributed by atoms with van der Waals surface area (Å²) in [4.78, 5) is 0. The Morgan fingerprint density at radius 1 is 1.25 bits per heavy atom. The zero-order chi connectivity index (χ0) is 17.3. The SMILES string of the molecule is Cc1cc[n+]([O-])c2c1/C(=N\N=C(N)N)CC(c1ccccc1Cl)C2. The van der Waals surface area contributed by atoms with Crippen LogP contribution in [0.1, 0.15) is 34.7 Å². The van der Waals surface area contributed by atoms with Gasteiger partial charge in [-0.3, -0.25) is 0 Å². The number of guanidine groups is 1. The Labute approximate surface area is 145 Å². The minimum Gasteiger partial charge on any atom is -0.618 e. The molecule has 1 unspecified atom stereocenters. The van der Waals surface area contributed by atoms with Crippen molar-refractivity contribution >= 4 is 23.3 Å². The molecule has 0 amide bonds. The van der Waals surface area contributed by atoms with Crippen LogP contribution in [0.3, 0.4) is 0 Å². The molecule has 0 bridgehead atoms. The fourth-order valence-corrected chi connectivity index (χ4v) is 3.44. The van der Waals surface area contributed by atoms with Crippen molar-refractivity contribution in [3.63, 3.8) is 0 Å². The molecule has 0 spiro atoms. The molecule has 0 aliphatic heterocycles. The Bertz CT molecular complexity index is 843. The van der Waals surface area contributed by atoms with Crippen molar-refractivity contribution in [3.8, 4) is 0 Å². The number of aryl methyl sites for hydroxylation is 1. The lowest BCUT2D eigenvalue weighted by Gasteiger charge is -2.26. The van der Waals surface area contributed by atoms with Crippen LogP contribution in [0.15, 0.2) is 46.7 Å². The molecule has 7 heteroatoms. The molecule has 6 nitrogen and oxygen atoms in total. The monoisotopic (exact) mass is 343 g/mol. The van der Waals surface area contributed by atoms with Gasteiger partial charge in [0.05, 0.1) is 11.3 Å². The molecule has 1 heterocycles. The van der Waals surface area contributed by atoms with Crippen molar-refractivity contribution in [2.75, 3.05) is 0 Å². The molecular formula is C17H18ClN5O. The highest BCUT2D eigenvalue weighted by molar-refractivity contribution is 6.31. The molecule has 0 saturated heterocycles. The zero-order valence-electron chi connectivity index (χ0n) is 13.2. The summed E-state index contributed by atoms with van der Waals surface area (Å²) in [6.45, 7) is 1.94. The average molecular weight is 344 g/mol. The molecule has 24 heavy (non-hydrogen) atoms. The summed E-state index contributed by atoms with van der Waals surface area (Å²) in [7, 11) is 0. The van der Waals surface area contributed by atoms with E-state index in [1.807, 2.05) is 31.2 Å². The topological polar surface area (TPSA) is 104 Å². The van der Waals surface area contributed by atoms with Gasteiger partial charge in [-0.2, -0.15) is 9.83 Å². The second-order valence-electron chi connectivity index (χ2n) is 5.84. The number of benzene rings is 1. The second-order valence-corrected chi connectivity index (χ2v) is 6.25. The van der Waals surface area contributed by atoms with Gasteiger partial charge in [-0.05, 0) is 30.5 Å². The first-order chi connectivity index (χ1) is 11.5. The smallest absolute Gasteiger partial charge is 0.211 e. The lowest BCUT2D eigenvalue weighted by atomic mass is 9.80. The third-order valence-electron chi connectivity index (χ3n) is 4.21. The number of nitrogens with two attached hydrogens (primary N) is 2. The van der Waals surface area contributed by atoms with Gasteiger partial charge in [0.1, 0.15) is 0 Å². The quantitative estimate of drug-likeness (QED) is 0.286. The predicted molar refractivity (Wildman–Crippen MR) is 95.0 cm³/mol. The van der Waals surface area contributed by atoms with E-state index in [0.29, 0.717) is 29.3 Å². The predicted octanol–water partition coefficient (Wildman–Crippen LogP) is 1.99. The van der Waals surface area contributed by atoms with Crippen molar-refractivity contribution < 1.29 is 4.73 Å². The first kappa shape index (κ1) is 16.3. The van der Waals surface area contributed by atoms with Gasteiger partial charge < -0.3 is 16.7 Å². The van der Waals surface area contributed by atoms with E-state index >= 15 is 0 Å². The fourth-order valence-electron chi connectivity index (χ4n) is 3.15. The summed E-state index contributed by atoms with van der Waals surface area (Å²) in [6.07, 6.45) is 2.71. The number of hydrogen-bond donors (Lipinski definition) is 2. The summed E-state index contributed by atoms with van der Waals surface area (Å²) >= 11 is 6.34. The van der Waals surface area contributed by atoms with Crippen molar-refractivity contribution in [3.05, 3.63) is 69.1 Å². The van der Waals surface area contributed by atoms with Crippen LogP contribution in [0.2, 0.25) is 5.02 Å². The van der Waals surface area contributed by atoms with Crippen LogP contribution < -0.4 is 16.2 Å². The van der Waals surface area contributed by atoms with E-state index in [0.717, 1.165) is 21.4 Å². The molecular weight excluding hydrogens is 326 g/mol. The van der Waals surface area contributed by atoms with E-state index < -0.39 is 0 Å². The minimum atomic E-state index is -0.118. The number of fused-ring (bicyclic) bond motifs is 1. The highest BCUT2D eigenvalue weighted by atomic mass is 35.5. The molecule has 0 fully saturated rings. The minimum absolute atomic E-state index is 0.0427. The van der Waals surface area contributed by atoms with Crippen molar-refractivity contribution in [2.24, 2.45) is 21.7 Å². The highest BCUT2D eigenvalue weighted by Crippen LogP contribution is 2.36. The van der Waals surface area contributed by atoms with Crippen molar-refractivity contribution in [2.45, 2.75) is 25.7 Å². The number of nitrogens with zero attached hydrogens (tertiary/aromatic N) is 3. The standard InChI is InChI=1S/C17H18ClN5O/c1-10-6-7-23(24)15-9-11(12-4-2-3-5-13(12)18)8-14(16(10)15)21-22-17(19)20/h2-7,11H,8-9H2,1H3,(H4,19,20,22)/b21-14-. The van der Waals surface area contributed by atoms with Gasteiger partial charge in [0.25, 0.3) is 0 Å². The molecule has 124 valence electrons. The Balaban J connectivity index is 2.14. The number of aromatic nitrogens is 1. The fraction of sp³-hybridized carbons (Fsp3) is 0.235. The van der Waals surface area contributed by atoms with E-state index in [9.17, 15) is 5.21 Å². The van der Waals surface area contributed by atoms with Gasteiger partial charge >= 0.3 is 0 Å². The van der Waals surface area contributed by atoms with E-state index in [-0.39, 0.29) is 11.9 Å². The Hall–Kier alpha value is -2.60. The Morgan fingerprint density at radius 2 is 2.00 bits per heavy atom. The second kappa shape index (κ2) is 6.49. The third-order valence-corrected chi connectivity index (χ3v) is 4.55. The highest BCUT2D eigenvalue weighted by Gasteiger charge is 2.32. The van der Waals surface area contributed by atoms with Crippen molar-refractivity contribution in [1.82, 2.24) is 0 Å². The first-order valence-electron chi connectivity index (χ1n) is 7.59. The maximum Gasteiger partial charge on any atom is 0.211 e. The number of halogens is 1. The summed E-state index contributed by atoms with van der Waals surface area (Å²) in [5, 5.41) is 21.0. The van der Waals surface area contributed by atoms with Crippen molar-refractivity contribution in [1.29, 1.82) is 0 Å². The summed E-state index contributed by atoms with van der Waals surface area (Å²) in [6, 6.07) is 9.41. The molecule has 3 rings (SSSR count). The van der Waals surface area contributed by atoms with Gasteiger partial charge in [0, 0.05) is 23.4 Å². The Kier molecular flexibility index (Phi) is 4.40. The number of hydrogen-bond acceptors (Lipinski definition) is 3. The molecule has 1 aromatic carbocycles. The largest absolute Gasteiger partial charge is 0.618 e. The van der Waals surface area contributed by atoms with E-state index in [4.69, 9.17) is 23.1 Å². The summed E-state index contributed by atoms with van der Waals surface area (Å²) in [5.41, 5.74) is 14.9. The number of rotatable bonds is 2. The van der Waals surface area contributed by atoms with E-state index in [1.54, 1.807) is 6.07 Å². The first-order valence-corrected chi connectivity index (χ1v) is 7.97. The van der Waals surface area contributed by atoms with Gasteiger partial charge in [-0.25, -0.2) is 0 Å². The molecule has 1 atom stereocenters. The zero-order valence-corrected chi connectivity index (χ0v) is 14.0. The van der Waals surface area contributed by atoms with Gasteiger partial charge in [0.15, 0.2) is 6.20 Å². The molecule has 0 radical (unpaired) electrons. The lowest BCUT2D eigenvalue weighted by molar-refractivity contribution is -0.614. The molecule has 4 N–H and O–H groups in total. The van der Waals surface area contributed by atoms with Gasteiger partial charge in [-0.15, -0.1) is 5.10 Å². The molecule has 1 aliphatic rings. The normalized spacial score (nSPS) is 18.2. The van der Waals surface area contributed by atoms with Crippen LogP contribution in [0.5, 0.6) is 0 Å². The van der Waals surface area contributed by atoms with E-state index in [1.165, 1.54) is 6.20 Å². The maximum absolute atomic E-state index is 12.3. The van der Waals surface area contributed by atoms with Crippen LogP contribution in [0, 0.1) is 12.1 Å². The molecule has 1 aliphatic carbocycles. The van der Waals surface area contributed by atoms with Crippen LogP contribution in [-0.2, 0) is 6.42 Å². The molecule has 2 aromatic rings. The third kappa shape index (κ3) is 3.05. The molecule has 0 saturated carbocycles. The van der Waals surface area contributed by atoms with Gasteiger partial charge in [-0.1, -0.05) is 29.8 Å². The lowest BCUT2D eigenvalue weighted by Crippen LogP contribution is -2.38. The summed E-state index contributed by atoms with van der Waals surface area (Å²) in [5.74, 6) is -0.0753. The van der Waals surface area contributed by atoms with E-state index in [2.05, 4.69) is 10.2 Å². The van der Waals surface area contributed by atoms with Crippen LogP contribution >= 0.6 is 11.6 Å². The van der Waals surface area contributed by atoms with Crippen LogP contribution in [0.25, 0.3) is 0 Å².